The summed E-state index contributed by atoms with van der Waals surface area (Å²) < 4.78 is 25.7. The van der Waals surface area contributed by atoms with E-state index in [1.54, 1.807) is 42.2 Å². The molecule has 4 rings (SSSR count). The van der Waals surface area contributed by atoms with E-state index in [2.05, 4.69) is 19.9 Å². The van der Waals surface area contributed by atoms with Gasteiger partial charge in [-0.05, 0) is 25.3 Å². The number of sulfone groups is 1. The van der Waals surface area contributed by atoms with Crippen LogP contribution in [0.2, 0.25) is 0 Å². The number of fused-ring (bicyclic) bond motifs is 1. The minimum atomic E-state index is -3.57. The van der Waals surface area contributed by atoms with Crippen molar-refractivity contribution in [2.24, 2.45) is 0 Å². The summed E-state index contributed by atoms with van der Waals surface area (Å²) >= 11 is 2.79. The van der Waals surface area contributed by atoms with E-state index in [0.717, 1.165) is 46.4 Å². The van der Waals surface area contributed by atoms with Crippen LogP contribution >= 0.6 is 23.1 Å². The van der Waals surface area contributed by atoms with Gasteiger partial charge in [-0.25, -0.2) is 23.4 Å². The number of thiazole rings is 1. The summed E-state index contributed by atoms with van der Waals surface area (Å²) in [5.74, 6) is 0. The minimum absolute atomic E-state index is 0.150. The van der Waals surface area contributed by atoms with Crippen molar-refractivity contribution in [2.75, 3.05) is 12.8 Å². The Morgan fingerprint density at radius 1 is 1.18 bits per heavy atom. The molecule has 3 aromatic rings. The molecular formula is C19H20N4O2S3. The lowest BCUT2D eigenvalue weighted by molar-refractivity contribution is 0.244. The zero-order chi connectivity index (χ0) is 19.7. The molecule has 1 aliphatic heterocycles. The predicted molar refractivity (Wildman–Crippen MR) is 110 cm³/mol. The fraction of sp³-hybridized carbons (Fsp3) is 0.316. The third kappa shape index (κ3) is 3.98. The molecule has 0 fully saturated rings. The summed E-state index contributed by atoms with van der Waals surface area (Å²) in [5.41, 5.74) is 3.28. The predicted octanol–water partition coefficient (Wildman–Crippen LogP) is 3.35. The van der Waals surface area contributed by atoms with Crippen LogP contribution in [0.4, 0.5) is 0 Å². The van der Waals surface area contributed by atoms with E-state index in [4.69, 9.17) is 0 Å². The lowest BCUT2D eigenvalue weighted by atomic mass is 10.1. The van der Waals surface area contributed by atoms with Gasteiger partial charge in [0.2, 0.25) is 14.2 Å². The van der Waals surface area contributed by atoms with E-state index in [-0.39, 0.29) is 9.24 Å². The number of thioether (sulfide) groups is 1. The van der Waals surface area contributed by atoms with Crippen molar-refractivity contribution in [1.82, 2.24) is 19.9 Å². The second kappa shape index (κ2) is 7.90. The largest absolute Gasteiger partial charge is 0.293 e. The Kier molecular flexibility index (Phi) is 5.50. The first-order chi connectivity index (χ1) is 13.5. The van der Waals surface area contributed by atoms with E-state index in [0.29, 0.717) is 6.54 Å². The van der Waals surface area contributed by atoms with E-state index in [1.165, 1.54) is 11.3 Å². The number of hydrogen-bond donors (Lipinski definition) is 0. The first kappa shape index (κ1) is 19.5. The van der Waals surface area contributed by atoms with E-state index >= 15 is 0 Å². The molecule has 0 radical (unpaired) electrons. The lowest BCUT2D eigenvalue weighted by Gasteiger charge is -2.27. The normalized spacial score (nSPS) is 14.8. The first-order valence-corrected chi connectivity index (χ1v) is 12.4. The molecule has 146 valence electrons. The van der Waals surface area contributed by atoms with E-state index in [1.807, 2.05) is 19.4 Å². The van der Waals surface area contributed by atoms with Crippen molar-refractivity contribution in [3.63, 3.8) is 0 Å². The summed E-state index contributed by atoms with van der Waals surface area (Å²) in [6, 6.07) is 6.88. The standard InChI is InChI=1S/C19H20N4O2S3/c1-13-3-5-16(6-4-13)28(24,25)19-21-10-15(27-19)12-23-8-7-17-14(11-23)9-20-18(22-17)26-2/h3-6,9-10H,7-8,11-12H2,1-2H3. The van der Waals surface area contributed by atoms with Gasteiger partial charge >= 0.3 is 0 Å². The van der Waals surface area contributed by atoms with Crippen LogP contribution in [0.15, 0.2) is 51.1 Å². The zero-order valence-corrected chi connectivity index (χ0v) is 18.1. The van der Waals surface area contributed by atoms with Crippen LogP contribution in [0.1, 0.15) is 21.7 Å². The van der Waals surface area contributed by atoms with Gasteiger partial charge in [-0.15, -0.1) is 11.3 Å². The molecule has 0 saturated heterocycles. The monoisotopic (exact) mass is 432 g/mol. The number of aryl methyl sites for hydroxylation is 1. The molecule has 0 aliphatic carbocycles. The summed E-state index contributed by atoms with van der Waals surface area (Å²) in [6.45, 7) is 4.25. The molecule has 1 aromatic carbocycles. The van der Waals surface area contributed by atoms with Crippen molar-refractivity contribution in [3.8, 4) is 0 Å². The highest BCUT2D eigenvalue weighted by atomic mass is 32.2. The number of hydrogen-bond acceptors (Lipinski definition) is 8. The Bertz CT molecular complexity index is 1090. The first-order valence-electron chi connectivity index (χ1n) is 8.83. The molecular weight excluding hydrogens is 412 g/mol. The Morgan fingerprint density at radius 2 is 1.96 bits per heavy atom. The quantitative estimate of drug-likeness (QED) is 0.452. The molecule has 0 bridgehead atoms. The molecule has 0 unspecified atom stereocenters. The Morgan fingerprint density at radius 3 is 2.71 bits per heavy atom. The van der Waals surface area contributed by atoms with Gasteiger partial charge in [0.05, 0.1) is 10.6 Å². The molecule has 28 heavy (non-hydrogen) atoms. The zero-order valence-electron chi connectivity index (χ0n) is 15.6. The van der Waals surface area contributed by atoms with Crippen molar-refractivity contribution in [2.45, 2.75) is 40.8 Å². The van der Waals surface area contributed by atoms with Gasteiger partial charge in [-0.3, -0.25) is 4.90 Å². The Hall–Kier alpha value is -1.81. The fourth-order valence-electron chi connectivity index (χ4n) is 3.12. The highest BCUT2D eigenvalue weighted by molar-refractivity contribution is 7.98. The average Bonchev–Trinajstić information content (AvgIpc) is 3.17. The third-order valence-electron chi connectivity index (χ3n) is 4.65. The van der Waals surface area contributed by atoms with E-state index in [9.17, 15) is 8.42 Å². The molecule has 1 aliphatic rings. The van der Waals surface area contributed by atoms with Gasteiger partial charge < -0.3 is 0 Å². The van der Waals surface area contributed by atoms with Crippen LogP contribution in [0.5, 0.6) is 0 Å². The molecule has 9 heteroatoms. The Balaban J connectivity index is 1.48. The Labute approximate surface area is 173 Å². The second-order valence-corrected chi connectivity index (χ2v) is 10.7. The van der Waals surface area contributed by atoms with Crippen LogP contribution in [0.25, 0.3) is 0 Å². The molecule has 0 saturated carbocycles. The molecule has 0 amide bonds. The topological polar surface area (TPSA) is 76.1 Å². The average molecular weight is 433 g/mol. The molecule has 3 heterocycles. The lowest BCUT2D eigenvalue weighted by Crippen LogP contribution is -2.30. The molecule has 0 atom stereocenters. The number of benzene rings is 1. The summed E-state index contributed by atoms with van der Waals surface area (Å²) in [4.78, 5) is 16.6. The maximum absolute atomic E-state index is 12.8. The van der Waals surface area contributed by atoms with Crippen molar-refractivity contribution >= 4 is 32.9 Å². The maximum Gasteiger partial charge on any atom is 0.233 e. The van der Waals surface area contributed by atoms with Crippen LogP contribution in [-0.2, 0) is 29.3 Å². The van der Waals surface area contributed by atoms with Crippen LogP contribution in [0, 0.1) is 6.92 Å². The van der Waals surface area contributed by atoms with Crippen LogP contribution in [0.3, 0.4) is 0 Å². The minimum Gasteiger partial charge on any atom is -0.293 e. The fourth-order valence-corrected chi connectivity index (χ4v) is 6.09. The smallest absolute Gasteiger partial charge is 0.233 e. The van der Waals surface area contributed by atoms with Crippen molar-refractivity contribution < 1.29 is 8.42 Å². The van der Waals surface area contributed by atoms with Gasteiger partial charge in [-0.1, -0.05) is 29.5 Å². The number of rotatable bonds is 5. The van der Waals surface area contributed by atoms with Crippen molar-refractivity contribution in [1.29, 1.82) is 0 Å². The van der Waals surface area contributed by atoms with Crippen molar-refractivity contribution in [3.05, 3.63) is 58.4 Å². The summed E-state index contributed by atoms with van der Waals surface area (Å²) in [6.07, 6.45) is 6.43. The second-order valence-electron chi connectivity index (χ2n) is 6.70. The van der Waals surface area contributed by atoms with Gasteiger partial charge in [0, 0.05) is 48.9 Å². The van der Waals surface area contributed by atoms with Gasteiger partial charge in [0.25, 0.3) is 0 Å². The highest BCUT2D eigenvalue weighted by Crippen LogP contribution is 2.27. The third-order valence-corrected chi connectivity index (χ3v) is 8.35. The van der Waals surface area contributed by atoms with Gasteiger partial charge in [0.1, 0.15) is 0 Å². The highest BCUT2D eigenvalue weighted by Gasteiger charge is 2.23. The van der Waals surface area contributed by atoms with Crippen LogP contribution < -0.4 is 0 Å². The number of aromatic nitrogens is 3. The van der Waals surface area contributed by atoms with Gasteiger partial charge in [-0.2, -0.15) is 0 Å². The maximum atomic E-state index is 12.8. The summed E-state index contributed by atoms with van der Waals surface area (Å²) in [5, 5.41) is 0.806. The molecule has 2 aromatic heterocycles. The SMILES string of the molecule is CSc1ncc2c(n1)CCN(Cc1cnc(S(=O)(=O)c3ccc(C)cc3)s1)C2. The summed E-state index contributed by atoms with van der Waals surface area (Å²) in [7, 11) is -3.57. The van der Waals surface area contributed by atoms with Crippen LogP contribution in [-0.4, -0.2) is 41.1 Å². The number of nitrogens with zero attached hydrogens (tertiary/aromatic N) is 4. The molecule has 0 N–H and O–H groups in total. The van der Waals surface area contributed by atoms with E-state index < -0.39 is 9.84 Å². The molecule has 6 nitrogen and oxygen atoms in total. The van der Waals surface area contributed by atoms with Gasteiger partial charge in [0.15, 0.2) is 5.16 Å². The molecule has 0 spiro atoms.